The second kappa shape index (κ2) is 6.20. The third kappa shape index (κ3) is 2.85. The molecule has 6 heteroatoms. The van der Waals surface area contributed by atoms with Crippen molar-refractivity contribution in [3.8, 4) is 5.75 Å². The Morgan fingerprint density at radius 1 is 1.25 bits per heavy atom. The molecule has 1 aromatic heterocycles. The van der Waals surface area contributed by atoms with Gasteiger partial charge in [0, 0.05) is 12.1 Å². The molecule has 1 saturated heterocycles. The Morgan fingerprint density at radius 2 is 2.12 bits per heavy atom. The van der Waals surface area contributed by atoms with Gasteiger partial charge in [-0.15, -0.1) is 0 Å². The smallest absolute Gasteiger partial charge is 0.318 e. The van der Waals surface area contributed by atoms with Crippen molar-refractivity contribution in [2.45, 2.75) is 19.1 Å². The largest absolute Gasteiger partial charge is 0.491 e. The summed E-state index contributed by atoms with van der Waals surface area (Å²) in [5, 5.41) is 3.06. The number of furan rings is 1. The normalized spacial score (nSPS) is 22.8. The molecular formula is C18H20N2O4. The van der Waals surface area contributed by atoms with Crippen LogP contribution < -0.4 is 10.1 Å². The number of ether oxygens (including phenoxy) is 2. The number of benzene rings is 1. The van der Waals surface area contributed by atoms with Gasteiger partial charge in [0.05, 0.1) is 19.2 Å². The minimum absolute atomic E-state index is 0.100. The van der Waals surface area contributed by atoms with Gasteiger partial charge in [-0.25, -0.2) is 4.79 Å². The summed E-state index contributed by atoms with van der Waals surface area (Å²) >= 11 is 0. The van der Waals surface area contributed by atoms with Crippen LogP contribution in [-0.4, -0.2) is 37.2 Å². The molecule has 0 radical (unpaired) electrons. The number of morpholine rings is 1. The van der Waals surface area contributed by atoms with Crippen molar-refractivity contribution in [1.29, 1.82) is 0 Å². The average Bonchev–Trinajstić information content (AvgIpc) is 3.22. The highest BCUT2D eigenvalue weighted by atomic mass is 16.5. The Labute approximate surface area is 140 Å². The van der Waals surface area contributed by atoms with Crippen molar-refractivity contribution in [1.82, 2.24) is 10.2 Å². The van der Waals surface area contributed by atoms with Crippen LogP contribution in [0.25, 0.3) is 0 Å². The van der Waals surface area contributed by atoms with Gasteiger partial charge in [-0.1, -0.05) is 18.2 Å². The lowest BCUT2D eigenvalue weighted by Crippen LogP contribution is -2.48. The van der Waals surface area contributed by atoms with Crippen LogP contribution in [0.15, 0.2) is 40.8 Å². The molecule has 0 aliphatic carbocycles. The lowest BCUT2D eigenvalue weighted by molar-refractivity contribution is -0.0267. The quantitative estimate of drug-likeness (QED) is 0.921. The van der Waals surface area contributed by atoms with Crippen LogP contribution in [0.3, 0.4) is 0 Å². The van der Waals surface area contributed by atoms with E-state index in [0.717, 1.165) is 22.8 Å². The molecule has 0 unspecified atom stereocenters. The number of aryl methyl sites for hydroxylation is 1. The summed E-state index contributed by atoms with van der Waals surface area (Å²) in [6, 6.07) is 11.4. The van der Waals surface area contributed by atoms with E-state index in [-0.39, 0.29) is 18.2 Å². The molecule has 0 spiro atoms. The fraction of sp³-hybridized carbons (Fsp3) is 0.389. The van der Waals surface area contributed by atoms with E-state index in [1.165, 1.54) is 0 Å². The van der Waals surface area contributed by atoms with E-state index >= 15 is 0 Å². The van der Waals surface area contributed by atoms with Crippen molar-refractivity contribution < 1.29 is 18.7 Å². The number of carbonyl (C=O) groups excluding carboxylic acids is 1. The van der Waals surface area contributed by atoms with E-state index in [2.05, 4.69) is 5.32 Å². The summed E-state index contributed by atoms with van der Waals surface area (Å²) in [6.45, 7) is 3.91. The van der Waals surface area contributed by atoms with Crippen LogP contribution in [0.4, 0.5) is 4.79 Å². The number of hydrogen-bond donors (Lipinski definition) is 1. The van der Waals surface area contributed by atoms with Gasteiger partial charge in [0.2, 0.25) is 0 Å². The number of rotatable bonds is 2. The molecule has 2 aliphatic heterocycles. The fourth-order valence-electron chi connectivity index (χ4n) is 3.15. The van der Waals surface area contributed by atoms with Crippen LogP contribution in [0.2, 0.25) is 0 Å². The Balaban J connectivity index is 1.41. The number of carbonyl (C=O) groups is 1. The molecule has 1 aromatic carbocycles. The maximum Gasteiger partial charge on any atom is 0.318 e. The maximum absolute atomic E-state index is 12.6. The molecule has 2 amide bonds. The topological polar surface area (TPSA) is 63.9 Å². The molecule has 24 heavy (non-hydrogen) atoms. The maximum atomic E-state index is 12.6. The molecular weight excluding hydrogens is 308 g/mol. The van der Waals surface area contributed by atoms with E-state index in [1.807, 2.05) is 43.3 Å². The highest BCUT2D eigenvalue weighted by molar-refractivity contribution is 5.75. The summed E-state index contributed by atoms with van der Waals surface area (Å²) < 4.78 is 17.0. The van der Waals surface area contributed by atoms with Crippen molar-refractivity contribution in [2.24, 2.45) is 0 Å². The van der Waals surface area contributed by atoms with E-state index in [4.69, 9.17) is 13.9 Å². The van der Waals surface area contributed by atoms with E-state index in [0.29, 0.717) is 26.3 Å². The van der Waals surface area contributed by atoms with Gasteiger partial charge in [-0.2, -0.15) is 0 Å². The van der Waals surface area contributed by atoms with Crippen LogP contribution in [-0.2, 0) is 4.74 Å². The highest BCUT2D eigenvalue weighted by Crippen LogP contribution is 2.32. The first-order chi connectivity index (χ1) is 11.7. The summed E-state index contributed by atoms with van der Waals surface area (Å²) in [6.07, 6.45) is -0.217. The van der Waals surface area contributed by atoms with Gasteiger partial charge < -0.3 is 24.1 Å². The fourth-order valence-corrected chi connectivity index (χ4v) is 3.15. The Hall–Kier alpha value is -2.47. The van der Waals surface area contributed by atoms with E-state index in [9.17, 15) is 4.79 Å². The minimum Gasteiger partial charge on any atom is -0.491 e. The number of nitrogens with zero attached hydrogens (tertiary/aromatic N) is 1. The number of amides is 2. The van der Waals surface area contributed by atoms with Gasteiger partial charge in [-0.05, 0) is 25.1 Å². The number of nitrogens with one attached hydrogen (secondary N) is 1. The number of hydrogen-bond acceptors (Lipinski definition) is 4. The van der Waals surface area contributed by atoms with Gasteiger partial charge in [0.25, 0.3) is 0 Å². The van der Waals surface area contributed by atoms with E-state index in [1.54, 1.807) is 4.90 Å². The molecule has 126 valence electrons. The first kappa shape index (κ1) is 15.1. The van der Waals surface area contributed by atoms with Crippen molar-refractivity contribution in [2.75, 3.05) is 26.3 Å². The first-order valence-corrected chi connectivity index (χ1v) is 8.16. The van der Waals surface area contributed by atoms with Crippen LogP contribution in [0, 0.1) is 6.92 Å². The average molecular weight is 328 g/mol. The third-order valence-corrected chi connectivity index (χ3v) is 4.43. The number of urea groups is 1. The molecule has 1 N–H and O–H groups in total. The number of para-hydroxylation sites is 1. The second-order valence-corrected chi connectivity index (χ2v) is 6.10. The Morgan fingerprint density at radius 3 is 2.96 bits per heavy atom. The van der Waals surface area contributed by atoms with Crippen molar-refractivity contribution >= 4 is 6.03 Å². The molecule has 1 fully saturated rings. The molecule has 0 saturated carbocycles. The molecule has 2 aromatic rings. The highest BCUT2D eigenvalue weighted by Gasteiger charge is 2.31. The SMILES string of the molecule is Cc1ccc([C@@H]2CN(C(=O)N[C@H]3COc4ccccc43)CCO2)o1. The predicted octanol–water partition coefficient (Wildman–Crippen LogP) is 2.80. The zero-order chi connectivity index (χ0) is 16.5. The molecule has 3 heterocycles. The zero-order valence-corrected chi connectivity index (χ0v) is 13.5. The molecule has 2 aliphatic rings. The first-order valence-electron chi connectivity index (χ1n) is 8.16. The van der Waals surface area contributed by atoms with Gasteiger partial charge in [-0.3, -0.25) is 0 Å². The monoisotopic (exact) mass is 328 g/mol. The summed E-state index contributed by atoms with van der Waals surface area (Å²) in [5.74, 6) is 2.45. The molecule has 6 nitrogen and oxygen atoms in total. The van der Waals surface area contributed by atoms with Crippen molar-refractivity contribution in [3.05, 3.63) is 53.5 Å². The Kier molecular flexibility index (Phi) is 3.90. The van der Waals surface area contributed by atoms with Crippen LogP contribution >= 0.6 is 0 Å². The lowest BCUT2D eigenvalue weighted by atomic mass is 10.1. The zero-order valence-electron chi connectivity index (χ0n) is 13.5. The summed E-state index contributed by atoms with van der Waals surface area (Å²) in [7, 11) is 0. The van der Waals surface area contributed by atoms with E-state index < -0.39 is 0 Å². The van der Waals surface area contributed by atoms with Crippen LogP contribution in [0.5, 0.6) is 5.75 Å². The predicted molar refractivity (Wildman–Crippen MR) is 86.9 cm³/mol. The van der Waals surface area contributed by atoms with Gasteiger partial charge in [0.15, 0.2) is 0 Å². The second-order valence-electron chi connectivity index (χ2n) is 6.10. The standard InChI is InChI=1S/C18H20N2O4/c1-12-6-7-16(24-12)17-10-20(8-9-22-17)18(21)19-14-11-23-15-5-3-2-4-13(14)15/h2-7,14,17H,8-11H2,1H3,(H,19,21)/t14-,17-/m0/s1. The minimum atomic E-state index is -0.217. The van der Waals surface area contributed by atoms with Gasteiger partial charge in [0.1, 0.15) is 30.0 Å². The third-order valence-electron chi connectivity index (χ3n) is 4.43. The number of fused-ring (bicyclic) bond motifs is 1. The Bertz CT molecular complexity index is 742. The molecule has 0 bridgehead atoms. The molecule has 4 rings (SSSR count). The van der Waals surface area contributed by atoms with Gasteiger partial charge >= 0.3 is 6.03 Å². The lowest BCUT2D eigenvalue weighted by Gasteiger charge is -2.32. The van der Waals surface area contributed by atoms with Crippen LogP contribution in [0.1, 0.15) is 29.2 Å². The summed E-state index contributed by atoms with van der Waals surface area (Å²) in [5.41, 5.74) is 1.03. The summed E-state index contributed by atoms with van der Waals surface area (Å²) in [4.78, 5) is 14.4. The van der Waals surface area contributed by atoms with Crippen molar-refractivity contribution in [3.63, 3.8) is 0 Å². The molecule has 2 atom stereocenters.